The van der Waals surface area contributed by atoms with Crippen LogP contribution in [0.2, 0.25) is 0 Å². The minimum Gasteiger partial charge on any atom is -0.331 e. The average molecular weight is 582 g/mol. The van der Waals surface area contributed by atoms with Gasteiger partial charge in [-0.3, -0.25) is 0 Å². The van der Waals surface area contributed by atoms with Crippen LogP contribution in [0.5, 0.6) is 0 Å². The van der Waals surface area contributed by atoms with E-state index in [0.717, 1.165) is 4.48 Å². The second-order valence-electron chi connectivity index (χ2n) is 11.9. The van der Waals surface area contributed by atoms with E-state index in [-0.39, 0.29) is 0 Å². The van der Waals surface area contributed by atoms with Crippen molar-refractivity contribution in [1.29, 1.82) is 0 Å². The van der Waals surface area contributed by atoms with Crippen LogP contribution in [-0.2, 0) is 0 Å². The lowest BCUT2D eigenvalue weighted by Gasteiger charge is -2.44. The molecule has 0 fully saturated rings. The molecule has 0 bridgehead atoms. The van der Waals surface area contributed by atoms with Crippen molar-refractivity contribution in [2.45, 2.75) is 45.4 Å². The van der Waals surface area contributed by atoms with Crippen molar-refractivity contribution in [3.63, 3.8) is 0 Å². The Morgan fingerprint density at radius 1 is 0.476 bits per heavy atom. The average Bonchev–Trinajstić information content (AvgIpc) is 3.00. The standard InChI is InChI=1S/C24H15BF5.C11H26N/c26-20-19(21(27)23(29)24(30)22(20)28)25(16-10-4-1-5-11-16,17-12-6-2-7-13-17)18-14-8-3-9-15-18;1-5-6-7-8-9-10-11-12(2,3)4/h1-15H;5-11H2,1-4H3/q-1;+1. The van der Waals surface area contributed by atoms with E-state index in [1.807, 2.05) is 0 Å². The van der Waals surface area contributed by atoms with Crippen LogP contribution in [0.15, 0.2) is 91.0 Å². The van der Waals surface area contributed by atoms with E-state index in [4.69, 9.17) is 0 Å². The maximum Gasteiger partial charge on any atom is 0.200 e. The highest BCUT2D eigenvalue weighted by molar-refractivity contribution is 7.20. The van der Waals surface area contributed by atoms with E-state index >= 15 is 8.78 Å². The van der Waals surface area contributed by atoms with Crippen molar-refractivity contribution >= 4 is 28.0 Å². The highest BCUT2D eigenvalue weighted by Gasteiger charge is 2.39. The molecule has 0 saturated heterocycles. The fourth-order valence-electron chi connectivity index (χ4n) is 5.67. The van der Waals surface area contributed by atoms with Gasteiger partial charge < -0.3 is 4.48 Å². The molecule has 0 atom stereocenters. The summed E-state index contributed by atoms with van der Waals surface area (Å²) < 4.78 is 74.1. The van der Waals surface area contributed by atoms with Crippen LogP contribution in [0.3, 0.4) is 0 Å². The molecule has 0 unspecified atom stereocenters. The molecule has 0 N–H and O–H groups in total. The van der Waals surface area contributed by atoms with Crippen LogP contribution < -0.4 is 21.9 Å². The number of quaternary nitrogens is 1. The van der Waals surface area contributed by atoms with Gasteiger partial charge in [-0.15, -0.1) is 5.46 Å². The molecule has 0 aromatic heterocycles. The van der Waals surface area contributed by atoms with Crippen molar-refractivity contribution in [2.75, 3.05) is 27.7 Å². The molecule has 0 radical (unpaired) electrons. The lowest BCUT2D eigenvalue weighted by Crippen LogP contribution is -2.76. The van der Waals surface area contributed by atoms with Crippen LogP contribution in [0.4, 0.5) is 22.0 Å². The lowest BCUT2D eigenvalue weighted by atomic mass is 9.13. The Bertz CT molecular complexity index is 1260. The Morgan fingerprint density at radius 3 is 1.17 bits per heavy atom. The minimum atomic E-state index is -2.72. The summed E-state index contributed by atoms with van der Waals surface area (Å²) in [7, 11) is 6.81. The summed E-state index contributed by atoms with van der Waals surface area (Å²) >= 11 is 0. The molecule has 4 aromatic rings. The molecule has 0 saturated carbocycles. The molecule has 1 nitrogen and oxygen atoms in total. The lowest BCUT2D eigenvalue weighted by molar-refractivity contribution is -0.870. The Hall–Kier alpha value is -3.45. The van der Waals surface area contributed by atoms with Crippen LogP contribution in [0, 0.1) is 29.1 Å². The number of unbranched alkanes of at least 4 members (excludes halogenated alkanes) is 5. The fraction of sp³-hybridized carbons (Fsp3) is 0.314. The number of benzene rings is 4. The number of rotatable bonds is 11. The second kappa shape index (κ2) is 15.1. The van der Waals surface area contributed by atoms with Gasteiger partial charge in [-0.2, -0.15) is 16.4 Å². The van der Waals surface area contributed by atoms with E-state index in [1.165, 1.54) is 45.1 Å². The monoisotopic (exact) mass is 581 g/mol. The third-order valence-electron chi connectivity index (χ3n) is 7.76. The number of hydrogen-bond acceptors (Lipinski definition) is 0. The third kappa shape index (κ3) is 7.68. The topological polar surface area (TPSA) is 0 Å². The Kier molecular flexibility index (Phi) is 11.9. The molecule has 42 heavy (non-hydrogen) atoms. The quantitative estimate of drug-likeness (QED) is 0.0456. The summed E-state index contributed by atoms with van der Waals surface area (Å²) in [6.45, 7) is 3.60. The predicted octanol–water partition coefficient (Wildman–Crippen LogP) is 6.81. The van der Waals surface area contributed by atoms with E-state index in [9.17, 15) is 13.2 Å². The van der Waals surface area contributed by atoms with Crippen LogP contribution >= 0.6 is 0 Å². The van der Waals surface area contributed by atoms with Crippen molar-refractivity contribution in [3.05, 3.63) is 120 Å². The van der Waals surface area contributed by atoms with E-state index in [2.05, 4.69) is 28.1 Å². The summed E-state index contributed by atoms with van der Waals surface area (Å²) in [5, 5.41) is 0. The summed E-state index contributed by atoms with van der Waals surface area (Å²) in [5.41, 5.74) is 0.435. The molecular formula is C35H41BF5N. The summed E-state index contributed by atoms with van der Waals surface area (Å²) in [6, 6.07) is 25.0. The molecule has 7 heteroatoms. The Morgan fingerprint density at radius 2 is 0.810 bits per heavy atom. The second-order valence-corrected chi connectivity index (χ2v) is 11.9. The molecule has 0 amide bonds. The first-order valence-corrected chi connectivity index (χ1v) is 14.7. The van der Waals surface area contributed by atoms with Gasteiger partial charge in [0.05, 0.1) is 27.7 Å². The largest absolute Gasteiger partial charge is 0.331 e. The highest BCUT2D eigenvalue weighted by atomic mass is 19.2. The van der Waals surface area contributed by atoms with Crippen molar-refractivity contribution in [2.24, 2.45) is 0 Å². The molecule has 0 spiro atoms. The van der Waals surface area contributed by atoms with Crippen molar-refractivity contribution in [3.8, 4) is 0 Å². The Balaban J connectivity index is 0.000000343. The van der Waals surface area contributed by atoms with E-state index in [1.54, 1.807) is 91.0 Å². The van der Waals surface area contributed by atoms with Gasteiger partial charge in [0.1, 0.15) is 17.8 Å². The molecule has 0 heterocycles. The molecular weight excluding hydrogens is 540 g/mol. The summed E-state index contributed by atoms with van der Waals surface area (Å²) in [4.78, 5) is 0. The van der Waals surface area contributed by atoms with Crippen LogP contribution in [0.1, 0.15) is 45.4 Å². The van der Waals surface area contributed by atoms with Crippen LogP contribution in [0.25, 0.3) is 0 Å². The normalized spacial score (nSPS) is 11.6. The predicted molar refractivity (Wildman–Crippen MR) is 166 cm³/mol. The molecule has 224 valence electrons. The summed E-state index contributed by atoms with van der Waals surface area (Å²) in [5.74, 6) is -9.76. The SMILES string of the molecule is CCCCCCCC[N+](C)(C)C.Fc1c(F)c(F)c([B-](c2ccccc2)(c2ccccc2)c2ccccc2)c(F)c1F. The molecule has 4 rings (SSSR count). The van der Waals surface area contributed by atoms with E-state index < -0.39 is 40.7 Å². The molecule has 0 aliphatic heterocycles. The van der Waals surface area contributed by atoms with Gasteiger partial charge in [0, 0.05) is 0 Å². The first-order valence-electron chi connectivity index (χ1n) is 14.7. The van der Waals surface area contributed by atoms with Gasteiger partial charge in [-0.25, -0.2) is 22.0 Å². The highest BCUT2D eigenvalue weighted by Crippen LogP contribution is 2.21. The van der Waals surface area contributed by atoms with Crippen molar-refractivity contribution < 1.29 is 26.4 Å². The molecule has 0 aliphatic rings. The smallest absolute Gasteiger partial charge is 0.200 e. The zero-order chi connectivity index (χ0) is 30.8. The van der Waals surface area contributed by atoms with Gasteiger partial charge in [0.2, 0.25) is 0 Å². The number of halogens is 5. The van der Waals surface area contributed by atoms with Crippen LogP contribution in [-0.4, -0.2) is 38.3 Å². The maximum atomic E-state index is 15.2. The first kappa shape index (κ1) is 33.1. The third-order valence-corrected chi connectivity index (χ3v) is 7.76. The van der Waals surface area contributed by atoms with Gasteiger partial charge in [-0.05, 0) is 12.8 Å². The zero-order valence-corrected chi connectivity index (χ0v) is 25.0. The number of nitrogens with zero attached hydrogens (tertiary/aromatic N) is 1. The number of hydrogen-bond donors (Lipinski definition) is 0. The summed E-state index contributed by atoms with van der Waals surface area (Å²) in [6.07, 6.45) is 5.76. The van der Waals surface area contributed by atoms with Gasteiger partial charge in [-0.1, -0.05) is 124 Å². The fourth-order valence-corrected chi connectivity index (χ4v) is 5.67. The molecule has 0 aliphatic carbocycles. The first-order chi connectivity index (χ1) is 20.1. The van der Waals surface area contributed by atoms with Gasteiger partial charge in [0.25, 0.3) is 0 Å². The van der Waals surface area contributed by atoms with Crippen molar-refractivity contribution in [1.82, 2.24) is 0 Å². The zero-order valence-electron chi connectivity index (χ0n) is 25.0. The Labute approximate surface area is 247 Å². The molecule has 4 aromatic carbocycles. The van der Waals surface area contributed by atoms with Gasteiger partial charge >= 0.3 is 0 Å². The minimum absolute atomic E-state index is 0.429. The van der Waals surface area contributed by atoms with E-state index in [0.29, 0.717) is 16.4 Å². The van der Waals surface area contributed by atoms with Gasteiger partial charge in [0.15, 0.2) is 17.5 Å². The maximum absolute atomic E-state index is 15.2.